The van der Waals surface area contributed by atoms with Crippen LogP contribution in [0.25, 0.3) is 27.5 Å². The number of benzene rings is 1. The molecule has 0 bridgehead atoms. The van der Waals surface area contributed by atoms with E-state index < -0.39 is 0 Å². The molecule has 0 unspecified atom stereocenters. The van der Waals surface area contributed by atoms with Crippen molar-refractivity contribution >= 4 is 33.3 Å². The van der Waals surface area contributed by atoms with Crippen molar-refractivity contribution < 1.29 is 4.42 Å². The van der Waals surface area contributed by atoms with E-state index in [-0.39, 0.29) is 5.56 Å². The second-order valence-electron chi connectivity index (χ2n) is 7.29. The molecular formula is C22H17N5O2S2. The molecule has 0 fully saturated rings. The molecule has 5 aromatic rings. The number of hydrogen-bond acceptors (Lipinski definition) is 7. The Bertz CT molecular complexity index is 1430. The van der Waals surface area contributed by atoms with Crippen molar-refractivity contribution in [3.63, 3.8) is 0 Å². The van der Waals surface area contributed by atoms with Crippen molar-refractivity contribution in [1.29, 1.82) is 0 Å². The van der Waals surface area contributed by atoms with E-state index >= 15 is 0 Å². The molecule has 154 valence electrons. The number of nitrogens with one attached hydrogen (secondary N) is 1. The molecule has 0 aliphatic heterocycles. The fourth-order valence-corrected chi connectivity index (χ4v) is 6.09. The first kappa shape index (κ1) is 18.6. The average molecular weight is 448 g/mol. The minimum absolute atomic E-state index is 0.0409. The highest BCUT2D eigenvalue weighted by molar-refractivity contribution is 7.98. The largest absolute Gasteiger partial charge is 0.461 e. The first-order valence-corrected chi connectivity index (χ1v) is 11.8. The Labute approximate surface area is 185 Å². The number of nitrogens with zero attached hydrogens (tertiary/aromatic N) is 4. The van der Waals surface area contributed by atoms with Gasteiger partial charge in [0.15, 0.2) is 10.9 Å². The Hall–Kier alpha value is -3.17. The maximum absolute atomic E-state index is 12.7. The molecule has 0 atom stereocenters. The number of thioether (sulfide) groups is 1. The summed E-state index contributed by atoms with van der Waals surface area (Å²) < 4.78 is 7.52. The van der Waals surface area contributed by atoms with Crippen LogP contribution >= 0.6 is 23.1 Å². The van der Waals surface area contributed by atoms with Crippen molar-refractivity contribution in [2.45, 2.75) is 30.2 Å². The Morgan fingerprint density at radius 2 is 2.03 bits per heavy atom. The molecule has 4 heterocycles. The van der Waals surface area contributed by atoms with E-state index in [0.29, 0.717) is 28.3 Å². The molecule has 0 radical (unpaired) electrons. The van der Waals surface area contributed by atoms with Gasteiger partial charge in [-0.05, 0) is 49.1 Å². The molecule has 0 saturated carbocycles. The lowest BCUT2D eigenvalue weighted by atomic mass is 10.2. The third-order valence-corrected chi connectivity index (χ3v) is 7.48. The van der Waals surface area contributed by atoms with Gasteiger partial charge in [0.05, 0.1) is 17.4 Å². The van der Waals surface area contributed by atoms with E-state index in [1.165, 1.54) is 22.2 Å². The maximum Gasteiger partial charge on any atom is 0.259 e. The number of aromatic amines is 1. The lowest BCUT2D eigenvalue weighted by Crippen LogP contribution is -2.11. The smallest absolute Gasteiger partial charge is 0.259 e. The topological polar surface area (TPSA) is 89.6 Å². The Balaban J connectivity index is 1.36. The van der Waals surface area contributed by atoms with Gasteiger partial charge in [0.2, 0.25) is 5.82 Å². The molecule has 0 spiro atoms. The van der Waals surface area contributed by atoms with Gasteiger partial charge in [-0.2, -0.15) is 0 Å². The highest BCUT2D eigenvalue weighted by Crippen LogP contribution is 2.35. The zero-order valence-corrected chi connectivity index (χ0v) is 18.0. The number of aromatic nitrogens is 5. The average Bonchev–Trinajstić information content (AvgIpc) is 3.55. The first-order valence-electron chi connectivity index (χ1n) is 9.99. The van der Waals surface area contributed by atoms with Gasteiger partial charge < -0.3 is 9.40 Å². The molecule has 4 aromatic heterocycles. The number of H-pyrrole nitrogens is 1. The summed E-state index contributed by atoms with van der Waals surface area (Å²) >= 11 is 3.13. The minimum atomic E-state index is -0.0409. The minimum Gasteiger partial charge on any atom is -0.461 e. The zero-order valence-electron chi connectivity index (χ0n) is 16.4. The maximum atomic E-state index is 12.7. The third-order valence-electron chi connectivity index (χ3n) is 5.35. The number of thiophene rings is 1. The second-order valence-corrected chi connectivity index (χ2v) is 9.32. The molecular weight excluding hydrogens is 430 g/mol. The molecule has 9 heteroatoms. The SMILES string of the molecule is O=c1[nH]c(CSc2nnc(-c3ccco3)n2-c2ccccc2)nc2sc3c(c12)CCC3. The summed E-state index contributed by atoms with van der Waals surface area (Å²) in [5.74, 6) is 2.40. The molecule has 0 saturated heterocycles. The number of hydrogen-bond donors (Lipinski definition) is 1. The number of aryl methyl sites for hydroxylation is 2. The standard InChI is InChI=1S/C22H17N5O2S2/c28-20-18-14-8-4-10-16(14)31-21(18)24-17(23-20)12-30-22-26-25-19(15-9-5-11-29-15)27(22)13-6-2-1-3-7-13/h1-3,5-7,9,11H,4,8,10,12H2,(H,23,24,28). The second kappa shape index (κ2) is 7.51. The fraction of sp³-hybridized carbons (Fsp3) is 0.182. The fourth-order valence-electron chi connectivity index (χ4n) is 3.99. The Morgan fingerprint density at radius 3 is 2.87 bits per heavy atom. The van der Waals surface area contributed by atoms with Gasteiger partial charge in [0, 0.05) is 10.6 Å². The van der Waals surface area contributed by atoms with Gasteiger partial charge >= 0.3 is 0 Å². The van der Waals surface area contributed by atoms with E-state index in [2.05, 4.69) is 15.2 Å². The van der Waals surface area contributed by atoms with Gasteiger partial charge in [-0.3, -0.25) is 9.36 Å². The molecule has 7 nitrogen and oxygen atoms in total. The zero-order chi connectivity index (χ0) is 20.8. The van der Waals surface area contributed by atoms with Gasteiger partial charge in [-0.1, -0.05) is 30.0 Å². The van der Waals surface area contributed by atoms with E-state index in [1.807, 2.05) is 47.0 Å². The Kier molecular flexibility index (Phi) is 4.50. The highest BCUT2D eigenvalue weighted by atomic mass is 32.2. The van der Waals surface area contributed by atoms with Gasteiger partial charge in [-0.25, -0.2) is 4.98 Å². The number of fused-ring (bicyclic) bond motifs is 3. The van der Waals surface area contributed by atoms with Crippen LogP contribution in [-0.4, -0.2) is 24.7 Å². The van der Waals surface area contributed by atoms with Crippen LogP contribution in [0.15, 0.2) is 63.1 Å². The normalized spacial score (nSPS) is 13.2. The van der Waals surface area contributed by atoms with Crippen molar-refractivity contribution in [3.05, 3.63) is 75.3 Å². The first-order chi connectivity index (χ1) is 15.3. The Morgan fingerprint density at radius 1 is 1.13 bits per heavy atom. The molecule has 1 N–H and O–H groups in total. The summed E-state index contributed by atoms with van der Waals surface area (Å²) in [5.41, 5.74) is 2.09. The molecule has 31 heavy (non-hydrogen) atoms. The molecule has 1 aliphatic rings. The quantitative estimate of drug-likeness (QED) is 0.396. The number of rotatable bonds is 5. The summed E-state index contributed by atoms with van der Waals surface area (Å²) in [6.45, 7) is 0. The molecule has 6 rings (SSSR count). The van der Waals surface area contributed by atoms with Crippen LogP contribution in [0.2, 0.25) is 0 Å². The van der Waals surface area contributed by atoms with Crippen molar-refractivity contribution in [1.82, 2.24) is 24.7 Å². The summed E-state index contributed by atoms with van der Waals surface area (Å²) in [4.78, 5) is 22.6. The predicted octanol–water partition coefficient (Wildman–Crippen LogP) is 4.61. The van der Waals surface area contributed by atoms with Gasteiger partial charge in [0.1, 0.15) is 10.7 Å². The van der Waals surface area contributed by atoms with Crippen LogP contribution in [0.4, 0.5) is 0 Å². The predicted molar refractivity (Wildman–Crippen MR) is 121 cm³/mol. The van der Waals surface area contributed by atoms with E-state index in [1.54, 1.807) is 17.6 Å². The lowest BCUT2D eigenvalue weighted by Gasteiger charge is -2.09. The van der Waals surface area contributed by atoms with Crippen molar-refractivity contribution in [3.8, 4) is 17.3 Å². The van der Waals surface area contributed by atoms with Gasteiger partial charge in [0.25, 0.3) is 5.56 Å². The van der Waals surface area contributed by atoms with Crippen LogP contribution in [0.5, 0.6) is 0 Å². The summed E-state index contributed by atoms with van der Waals surface area (Å²) in [5, 5.41) is 10.2. The van der Waals surface area contributed by atoms with Crippen LogP contribution in [0, 0.1) is 0 Å². The van der Waals surface area contributed by atoms with E-state index in [0.717, 1.165) is 35.2 Å². The van der Waals surface area contributed by atoms with Crippen LogP contribution in [-0.2, 0) is 18.6 Å². The van der Waals surface area contributed by atoms with Crippen LogP contribution in [0.3, 0.4) is 0 Å². The van der Waals surface area contributed by atoms with Crippen LogP contribution in [0.1, 0.15) is 22.7 Å². The highest BCUT2D eigenvalue weighted by Gasteiger charge is 2.22. The van der Waals surface area contributed by atoms with Crippen LogP contribution < -0.4 is 5.56 Å². The van der Waals surface area contributed by atoms with Gasteiger partial charge in [-0.15, -0.1) is 21.5 Å². The van der Waals surface area contributed by atoms with Crippen molar-refractivity contribution in [2.75, 3.05) is 0 Å². The number of para-hydroxylation sites is 1. The molecule has 0 amide bonds. The monoisotopic (exact) mass is 447 g/mol. The molecule has 1 aromatic carbocycles. The summed E-state index contributed by atoms with van der Waals surface area (Å²) in [6.07, 6.45) is 4.77. The van der Waals surface area contributed by atoms with E-state index in [4.69, 9.17) is 9.40 Å². The summed E-state index contributed by atoms with van der Waals surface area (Å²) in [7, 11) is 0. The third kappa shape index (κ3) is 3.21. The lowest BCUT2D eigenvalue weighted by molar-refractivity contribution is 0.575. The van der Waals surface area contributed by atoms with Crippen molar-refractivity contribution in [2.24, 2.45) is 0 Å². The number of furan rings is 1. The molecule has 1 aliphatic carbocycles. The summed E-state index contributed by atoms with van der Waals surface area (Å²) in [6, 6.07) is 13.6. The van der Waals surface area contributed by atoms with E-state index in [9.17, 15) is 4.79 Å².